The maximum atomic E-state index is 11.9. The molecule has 0 aliphatic heterocycles. The molecule has 118 valence electrons. The molecule has 0 bridgehead atoms. The van der Waals surface area contributed by atoms with Crippen molar-refractivity contribution in [1.82, 2.24) is 25.5 Å². The first kappa shape index (κ1) is 15.8. The third-order valence-electron chi connectivity index (χ3n) is 3.11. The van der Waals surface area contributed by atoms with Gasteiger partial charge in [0.25, 0.3) is 0 Å². The van der Waals surface area contributed by atoms with E-state index < -0.39 is 0 Å². The second kappa shape index (κ2) is 7.47. The van der Waals surface area contributed by atoms with Gasteiger partial charge in [0.05, 0.1) is 0 Å². The lowest BCUT2D eigenvalue weighted by atomic mass is 10.2. The number of tetrazole rings is 1. The SMILES string of the molecule is O=C(Cn1nnc(-c2ccc(Br)cc2)n1)NCCc1cccs1. The zero-order valence-electron chi connectivity index (χ0n) is 12.1. The molecule has 2 heterocycles. The molecule has 0 spiro atoms. The van der Waals surface area contributed by atoms with Crippen molar-refractivity contribution in [2.45, 2.75) is 13.0 Å². The molecule has 6 nitrogen and oxygen atoms in total. The number of amides is 1. The third-order valence-corrected chi connectivity index (χ3v) is 4.58. The molecule has 0 aliphatic rings. The summed E-state index contributed by atoms with van der Waals surface area (Å²) in [6, 6.07) is 11.7. The lowest BCUT2D eigenvalue weighted by Gasteiger charge is -2.03. The van der Waals surface area contributed by atoms with Crippen LogP contribution in [-0.4, -0.2) is 32.7 Å². The van der Waals surface area contributed by atoms with Gasteiger partial charge in [-0.1, -0.05) is 22.0 Å². The first-order valence-corrected chi connectivity index (χ1v) is 8.71. The van der Waals surface area contributed by atoms with E-state index in [2.05, 4.69) is 42.7 Å². The van der Waals surface area contributed by atoms with Crippen LogP contribution in [0.15, 0.2) is 46.3 Å². The molecule has 0 saturated carbocycles. The summed E-state index contributed by atoms with van der Waals surface area (Å²) in [5.41, 5.74) is 0.859. The number of carbonyl (C=O) groups is 1. The van der Waals surface area contributed by atoms with Crippen molar-refractivity contribution < 1.29 is 4.79 Å². The smallest absolute Gasteiger partial charge is 0.243 e. The van der Waals surface area contributed by atoms with E-state index in [0.717, 1.165) is 16.5 Å². The zero-order chi connectivity index (χ0) is 16.1. The summed E-state index contributed by atoms with van der Waals surface area (Å²) in [6.45, 7) is 0.668. The molecule has 0 radical (unpaired) electrons. The molecule has 2 aromatic heterocycles. The van der Waals surface area contributed by atoms with E-state index in [9.17, 15) is 4.79 Å². The zero-order valence-corrected chi connectivity index (χ0v) is 14.5. The van der Waals surface area contributed by atoms with Crippen LogP contribution in [0.2, 0.25) is 0 Å². The van der Waals surface area contributed by atoms with Crippen molar-refractivity contribution in [3.05, 3.63) is 51.1 Å². The molecular formula is C15H14BrN5OS. The van der Waals surface area contributed by atoms with Crippen LogP contribution in [0.25, 0.3) is 11.4 Å². The van der Waals surface area contributed by atoms with Crippen LogP contribution in [0.5, 0.6) is 0 Å². The highest BCUT2D eigenvalue weighted by atomic mass is 79.9. The Morgan fingerprint density at radius 2 is 2.09 bits per heavy atom. The molecule has 23 heavy (non-hydrogen) atoms. The van der Waals surface area contributed by atoms with Gasteiger partial charge in [-0.3, -0.25) is 4.79 Å². The Morgan fingerprint density at radius 1 is 1.26 bits per heavy atom. The Balaban J connectivity index is 1.52. The fourth-order valence-corrected chi connectivity index (χ4v) is 2.96. The maximum absolute atomic E-state index is 11.9. The van der Waals surface area contributed by atoms with Gasteiger partial charge in [0, 0.05) is 21.5 Å². The Hall–Kier alpha value is -2.06. The number of benzene rings is 1. The first-order chi connectivity index (χ1) is 11.2. The van der Waals surface area contributed by atoms with Crippen molar-refractivity contribution in [3.63, 3.8) is 0 Å². The number of thiophene rings is 1. The minimum Gasteiger partial charge on any atom is -0.354 e. The predicted molar refractivity (Wildman–Crippen MR) is 92.0 cm³/mol. The van der Waals surface area contributed by atoms with Gasteiger partial charge < -0.3 is 5.32 Å². The maximum Gasteiger partial charge on any atom is 0.243 e. The van der Waals surface area contributed by atoms with Gasteiger partial charge in [0.15, 0.2) is 0 Å². The van der Waals surface area contributed by atoms with Gasteiger partial charge in [-0.25, -0.2) is 0 Å². The molecule has 0 unspecified atom stereocenters. The number of nitrogens with zero attached hydrogens (tertiary/aromatic N) is 4. The van der Waals surface area contributed by atoms with Crippen LogP contribution in [0.1, 0.15) is 4.88 Å². The van der Waals surface area contributed by atoms with Gasteiger partial charge in [0.2, 0.25) is 11.7 Å². The summed E-state index contributed by atoms with van der Waals surface area (Å²) in [6.07, 6.45) is 0.832. The Bertz CT molecular complexity index is 770. The summed E-state index contributed by atoms with van der Waals surface area (Å²) in [4.78, 5) is 14.4. The van der Waals surface area contributed by atoms with Gasteiger partial charge in [-0.15, -0.1) is 21.5 Å². The van der Waals surface area contributed by atoms with Gasteiger partial charge in [-0.05, 0) is 47.3 Å². The number of nitrogens with one attached hydrogen (secondary N) is 1. The number of halogens is 1. The number of carbonyl (C=O) groups excluding carboxylic acids is 1. The number of rotatable bonds is 6. The average molecular weight is 392 g/mol. The van der Waals surface area contributed by atoms with Crippen LogP contribution in [0.3, 0.4) is 0 Å². The van der Waals surface area contributed by atoms with Crippen molar-refractivity contribution in [2.24, 2.45) is 0 Å². The lowest BCUT2D eigenvalue weighted by molar-refractivity contribution is -0.122. The molecule has 0 saturated heterocycles. The van der Waals surface area contributed by atoms with Crippen LogP contribution in [0.4, 0.5) is 0 Å². The summed E-state index contributed by atoms with van der Waals surface area (Å²) in [7, 11) is 0. The van der Waals surface area contributed by atoms with Crippen molar-refractivity contribution in [3.8, 4) is 11.4 Å². The highest BCUT2D eigenvalue weighted by Gasteiger charge is 2.09. The van der Waals surface area contributed by atoms with E-state index in [0.29, 0.717) is 12.4 Å². The van der Waals surface area contributed by atoms with Crippen LogP contribution in [-0.2, 0) is 17.8 Å². The number of aromatic nitrogens is 4. The topological polar surface area (TPSA) is 72.7 Å². The molecule has 1 N–H and O–H groups in total. The van der Waals surface area contributed by atoms with Crippen LogP contribution >= 0.6 is 27.3 Å². The van der Waals surface area contributed by atoms with Crippen LogP contribution < -0.4 is 5.32 Å². The van der Waals surface area contributed by atoms with E-state index >= 15 is 0 Å². The molecule has 0 fully saturated rings. The normalized spacial score (nSPS) is 10.7. The van der Waals surface area contributed by atoms with Crippen molar-refractivity contribution in [1.29, 1.82) is 0 Å². The first-order valence-electron chi connectivity index (χ1n) is 7.03. The van der Waals surface area contributed by atoms with Crippen molar-refractivity contribution in [2.75, 3.05) is 6.54 Å². The highest BCUT2D eigenvalue weighted by molar-refractivity contribution is 9.10. The summed E-state index contributed by atoms with van der Waals surface area (Å²) in [5, 5.41) is 17.0. The second-order valence-electron chi connectivity index (χ2n) is 4.83. The average Bonchev–Trinajstić information content (AvgIpc) is 3.20. The fraction of sp³-hybridized carbons (Fsp3) is 0.200. The van der Waals surface area contributed by atoms with Gasteiger partial charge >= 0.3 is 0 Å². The molecule has 0 aliphatic carbocycles. The quantitative estimate of drug-likeness (QED) is 0.700. The van der Waals surface area contributed by atoms with Crippen molar-refractivity contribution >= 4 is 33.2 Å². The molecule has 8 heteroatoms. The molecular weight excluding hydrogens is 378 g/mol. The molecule has 0 atom stereocenters. The Labute approximate surface area is 145 Å². The van der Waals surface area contributed by atoms with E-state index in [-0.39, 0.29) is 12.5 Å². The lowest BCUT2D eigenvalue weighted by Crippen LogP contribution is -2.30. The minimum atomic E-state index is -0.124. The van der Waals surface area contributed by atoms with Gasteiger partial charge in [-0.2, -0.15) is 4.80 Å². The van der Waals surface area contributed by atoms with E-state index in [1.54, 1.807) is 11.3 Å². The van der Waals surface area contributed by atoms with E-state index in [1.807, 2.05) is 35.7 Å². The molecule has 3 aromatic rings. The van der Waals surface area contributed by atoms with Crippen LogP contribution in [0, 0.1) is 0 Å². The molecule has 3 rings (SSSR count). The highest BCUT2D eigenvalue weighted by Crippen LogP contribution is 2.17. The second-order valence-corrected chi connectivity index (χ2v) is 6.78. The molecule has 1 amide bonds. The Morgan fingerprint density at radius 3 is 2.83 bits per heavy atom. The largest absolute Gasteiger partial charge is 0.354 e. The number of hydrogen-bond donors (Lipinski definition) is 1. The standard InChI is InChI=1S/C15H14BrN5OS/c16-12-5-3-11(4-6-12)15-18-20-21(19-15)10-14(22)17-8-7-13-2-1-9-23-13/h1-6,9H,7-8,10H2,(H,17,22). The number of hydrogen-bond acceptors (Lipinski definition) is 5. The van der Waals surface area contributed by atoms with Gasteiger partial charge in [0.1, 0.15) is 6.54 Å². The van der Waals surface area contributed by atoms with E-state index in [1.165, 1.54) is 9.67 Å². The Kier molecular flexibility index (Phi) is 5.14. The van der Waals surface area contributed by atoms with E-state index in [4.69, 9.17) is 0 Å². The minimum absolute atomic E-state index is 0.0635. The third kappa shape index (κ3) is 4.46. The summed E-state index contributed by atoms with van der Waals surface area (Å²) < 4.78 is 0.985. The summed E-state index contributed by atoms with van der Waals surface area (Å²) >= 11 is 5.07. The fourth-order valence-electron chi connectivity index (χ4n) is 1.99. The molecule has 1 aromatic carbocycles. The summed E-state index contributed by atoms with van der Waals surface area (Å²) in [5.74, 6) is 0.380. The monoisotopic (exact) mass is 391 g/mol. The predicted octanol–water partition coefficient (Wildman–Crippen LogP) is 2.52.